The van der Waals surface area contributed by atoms with Crippen molar-refractivity contribution in [2.75, 3.05) is 12.9 Å². The quantitative estimate of drug-likeness (QED) is 0.432. The summed E-state index contributed by atoms with van der Waals surface area (Å²) >= 11 is 1.45. The highest BCUT2D eigenvalue weighted by Gasteiger charge is 2.17. The molecule has 2 aromatic rings. The van der Waals surface area contributed by atoms with Crippen molar-refractivity contribution in [3.8, 4) is 0 Å². The van der Waals surface area contributed by atoms with Gasteiger partial charge >= 0.3 is 5.97 Å². The Hall–Kier alpha value is -2.20. The van der Waals surface area contributed by atoms with Crippen LogP contribution in [-0.2, 0) is 4.74 Å². The van der Waals surface area contributed by atoms with Crippen LogP contribution in [0, 0.1) is 0 Å². The summed E-state index contributed by atoms with van der Waals surface area (Å²) in [5.41, 5.74) is 1.84. The van der Waals surface area contributed by atoms with E-state index in [2.05, 4.69) is 0 Å². The van der Waals surface area contributed by atoms with Crippen molar-refractivity contribution in [2.45, 2.75) is 12.0 Å². The molecule has 3 nitrogen and oxygen atoms in total. The van der Waals surface area contributed by atoms with Crippen LogP contribution in [0.25, 0.3) is 12.2 Å². The van der Waals surface area contributed by atoms with Gasteiger partial charge in [-0.25, -0.2) is 4.79 Å². The van der Waals surface area contributed by atoms with Crippen molar-refractivity contribution in [1.82, 2.24) is 0 Å². The predicted molar refractivity (Wildman–Crippen MR) is 91.0 cm³/mol. The number of thioether (sulfide) groups is 1. The maximum atomic E-state index is 11.9. The van der Waals surface area contributed by atoms with Gasteiger partial charge in [0, 0.05) is 5.56 Å². The average molecular weight is 314 g/mol. The second kappa shape index (κ2) is 8.29. The van der Waals surface area contributed by atoms with E-state index in [1.807, 2.05) is 67.0 Å². The summed E-state index contributed by atoms with van der Waals surface area (Å²) in [5, 5.41) is 0.690. The molecule has 1 aromatic carbocycles. The largest absolute Gasteiger partial charge is 0.460 e. The van der Waals surface area contributed by atoms with Gasteiger partial charge in [0.05, 0.1) is 6.61 Å². The van der Waals surface area contributed by atoms with E-state index in [9.17, 15) is 4.79 Å². The van der Waals surface area contributed by atoms with Crippen molar-refractivity contribution < 1.29 is 13.9 Å². The molecule has 0 saturated carbocycles. The summed E-state index contributed by atoms with van der Waals surface area (Å²) in [6, 6.07) is 11.8. The van der Waals surface area contributed by atoms with Crippen LogP contribution >= 0.6 is 11.8 Å². The van der Waals surface area contributed by atoms with Gasteiger partial charge in [-0.2, -0.15) is 0 Å². The van der Waals surface area contributed by atoms with Crippen LogP contribution in [0.4, 0.5) is 0 Å². The fourth-order valence-corrected chi connectivity index (χ4v) is 2.26. The number of hydrogen-bond acceptors (Lipinski definition) is 4. The molecule has 0 N–H and O–H groups in total. The van der Waals surface area contributed by atoms with Crippen molar-refractivity contribution in [2.24, 2.45) is 0 Å². The van der Waals surface area contributed by atoms with Crippen molar-refractivity contribution in [3.63, 3.8) is 0 Å². The summed E-state index contributed by atoms with van der Waals surface area (Å²) in [7, 11) is 0. The third kappa shape index (κ3) is 4.40. The Bertz CT molecular complexity index is 669. The van der Waals surface area contributed by atoms with Crippen LogP contribution in [0.5, 0.6) is 0 Å². The van der Waals surface area contributed by atoms with Crippen molar-refractivity contribution in [3.05, 3.63) is 65.4 Å². The maximum Gasteiger partial charge on any atom is 0.374 e. The van der Waals surface area contributed by atoms with E-state index in [0.29, 0.717) is 11.7 Å². The highest BCUT2D eigenvalue weighted by atomic mass is 32.2. The highest BCUT2D eigenvalue weighted by Crippen LogP contribution is 2.25. The normalized spacial score (nSPS) is 11.4. The molecule has 2 rings (SSSR count). The number of furan rings is 1. The first kappa shape index (κ1) is 16.2. The van der Waals surface area contributed by atoms with Gasteiger partial charge in [-0.05, 0) is 24.8 Å². The van der Waals surface area contributed by atoms with E-state index in [1.54, 1.807) is 6.92 Å². The van der Waals surface area contributed by atoms with Gasteiger partial charge in [0.15, 0.2) is 5.09 Å². The summed E-state index contributed by atoms with van der Waals surface area (Å²) in [6.45, 7) is 2.10. The molecular weight excluding hydrogens is 296 g/mol. The summed E-state index contributed by atoms with van der Waals surface area (Å²) < 4.78 is 10.5. The van der Waals surface area contributed by atoms with Gasteiger partial charge in [0.2, 0.25) is 5.76 Å². The van der Waals surface area contributed by atoms with E-state index in [1.165, 1.54) is 11.8 Å². The third-order valence-corrected chi connectivity index (χ3v) is 3.48. The Kier molecular flexibility index (Phi) is 6.10. The molecule has 114 valence electrons. The lowest BCUT2D eigenvalue weighted by Gasteiger charge is -1.98. The van der Waals surface area contributed by atoms with Crippen LogP contribution in [0.2, 0.25) is 0 Å². The standard InChI is InChI=1S/C18H18O3S/c1-3-20-18(19)17-15(13-16(21-17)22-2)12-8-7-11-14-9-5-4-6-10-14/h4-13H,3H2,1-2H3/b11-7+,12-8+. The number of esters is 1. The van der Waals surface area contributed by atoms with Gasteiger partial charge < -0.3 is 9.15 Å². The van der Waals surface area contributed by atoms with Crippen LogP contribution in [0.3, 0.4) is 0 Å². The third-order valence-electron chi connectivity index (χ3n) is 2.88. The molecule has 0 saturated heterocycles. The molecule has 22 heavy (non-hydrogen) atoms. The summed E-state index contributed by atoms with van der Waals surface area (Å²) in [6.07, 6.45) is 9.54. The van der Waals surface area contributed by atoms with Gasteiger partial charge in [-0.3, -0.25) is 0 Å². The minimum Gasteiger partial charge on any atom is -0.460 e. The lowest BCUT2D eigenvalue weighted by Crippen LogP contribution is -2.04. The smallest absolute Gasteiger partial charge is 0.374 e. The molecule has 0 atom stereocenters. The number of ether oxygens (including phenoxy) is 1. The lowest BCUT2D eigenvalue weighted by atomic mass is 10.2. The minimum absolute atomic E-state index is 0.246. The van der Waals surface area contributed by atoms with E-state index in [4.69, 9.17) is 9.15 Å². The molecule has 1 aromatic heterocycles. The first-order chi connectivity index (χ1) is 10.7. The summed E-state index contributed by atoms with van der Waals surface area (Å²) in [4.78, 5) is 11.9. The zero-order valence-electron chi connectivity index (χ0n) is 12.6. The topological polar surface area (TPSA) is 39.4 Å². The first-order valence-electron chi connectivity index (χ1n) is 6.99. The van der Waals surface area contributed by atoms with E-state index >= 15 is 0 Å². The fraction of sp³-hybridized carbons (Fsp3) is 0.167. The SMILES string of the molecule is CCOC(=O)c1oc(SC)cc1/C=C/C=C/c1ccccc1. The fourth-order valence-electron chi connectivity index (χ4n) is 1.85. The summed E-state index contributed by atoms with van der Waals surface area (Å²) in [5.74, 6) is -0.190. The van der Waals surface area contributed by atoms with Gasteiger partial charge in [0.25, 0.3) is 0 Å². The highest BCUT2D eigenvalue weighted by molar-refractivity contribution is 7.98. The molecule has 0 aliphatic carbocycles. The molecule has 0 amide bonds. The molecule has 1 heterocycles. The number of benzene rings is 1. The Morgan fingerprint density at radius 2 is 1.95 bits per heavy atom. The molecule has 0 fully saturated rings. The van der Waals surface area contributed by atoms with Gasteiger partial charge in [-0.1, -0.05) is 66.4 Å². The van der Waals surface area contributed by atoms with Crippen LogP contribution in [0.1, 0.15) is 28.6 Å². The Balaban J connectivity index is 2.14. The van der Waals surface area contributed by atoms with Crippen molar-refractivity contribution >= 4 is 29.9 Å². The Labute approximate surface area is 134 Å². The van der Waals surface area contributed by atoms with E-state index in [-0.39, 0.29) is 5.76 Å². The molecule has 4 heteroatoms. The number of hydrogen-bond donors (Lipinski definition) is 0. The number of carbonyl (C=O) groups is 1. The molecule has 0 bridgehead atoms. The van der Waals surface area contributed by atoms with Crippen LogP contribution in [-0.4, -0.2) is 18.8 Å². The zero-order chi connectivity index (χ0) is 15.8. The molecule has 0 aliphatic rings. The zero-order valence-corrected chi connectivity index (χ0v) is 13.4. The Morgan fingerprint density at radius 1 is 1.23 bits per heavy atom. The second-order valence-electron chi connectivity index (χ2n) is 4.40. The average Bonchev–Trinajstić information content (AvgIpc) is 2.96. The van der Waals surface area contributed by atoms with E-state index < -0.39 is 5.97 Å². The van der Waals surface area contributed by atoms with Gasteiger partial charge in [0.1, 0.15) is 0 Å². The minimum atomic E-state index is -0.436. The first-order valence-corrected chi connectivity index (χ1v) is 8.21. The number of allylic oxidation sites excluding steroid dienone is 2. The molecule has 0 aliphatic heterocycles. The molecule has 0 radical (unpaired) electrons. The lowest BCUT2D eigenvalue weighted by molar-refractivity contribution is 0.0484. The maximum absolute atomic E-state index is 11.9. The number of rotatable bonds is 6. The second-order valence-corrected chi connectivity index (χ2v) is 5.21. The molecule has 0 spiro atoms. The van der Waals surface area contributed by atoms with Crippen LogP contribution < -0.4 is 0 Å². The predicted octanol–water partition coefficient (Wildman–Crippen LogP) is 4.90. The van der Waals surface area contributed by atoms with Crippen LogP contribution in [0.15, 0.2) is 58.1 Å². The molecule has 0 unspecified atom stereocenters. The monoisotopic (exact) mass is 314 g/mol. The number of carbonyl (C=O) groups excluding carboxylic acids is 1. The van der Waals surface area contributed by atoms with Gasteiger partial charge in [-0.15, -0.1) is 0 Å². The Morgan fingerprint density at radius 3 is 2.64 bits per heavy atom. The molecular formula is C18H18O3S. The van der Waals surface area contributed by atoms with E-state index in [0.717, 1.165) is 11.1 Å². The van der Waals surface area contributed by atoms with Crippen molar-refractivity contribution in [1.29, 1.82) is 0 Å².